The molecule has 0 fully saturated rings. The van der Waals surface area contributed by atoms with E-state index < -0.39 is 23.1 Å². The van der Waals surface area contributed by atoms with Crippen LogP contribution in [0.4, 0.5) is 13.2 Å². The molecule has 0 radical (unpaired) electrons. The zero-order chi connectivity index (χ0) is 20.1. The normalized spacial score (nSPS) is 16.5. The SMILES string of the molecule is O=C(Cl)C1=Cc2cc(Cl)c(Cn3cnc4ccccc43)cc2OC1C(F)(F)F. The standard InChI is InChI=1S/C19H11Cl2F3N2O2/c20-13-6-10-5-12(18(21)27)17(19(22,23)24)28-16(10)7-11(13)8-26-9-25-14-3-1-2-4-15(14)26/h1-7,9,17H,8H2. The Morgan fingerprint density at radius 2 is 2.00 bits per heavy atom. The number of rotatable bonds is 3. The Bertz CT molecular complexity index is 1120. The van der Waals surface area contributed by atoms with Gasteiger partial charge in [0, 0.05) is 10.6 Å². The number of ether oxygens (including phenoxy) is 1. The van der Waals surface area contributed by atoms with Gasteiger partial charge in [-0.2, -0.15) is 13.2 Å². The van der Waals surface area contributed by atoms with Crippen LogP contribution in [0.5, 0.6) is 5.75 Å². The Morgan fingerprint density at radius 1 is 1.25 bits per heavy atom. The van der Waals surface area contributed by atoms with Crippen molar-refractivity contribution >= 4 is 45.6 Å². The number of hydrogen-bond donors (Lipinski definition) is 0. The van der Waals surface area contributed by atoms with Crippen molar-refractivity contribution in [3.05, 3.63) is 64.4 Å². The Morgan fingerprint density at radius 3 is 2.71 bits per heavy atom. The van der Waals surface area contributed by atoms with Crippen LogP contribution in [0, 0.1) is 0 Å². The first-order chi connectivity index (χ1) is 13.2. The van der Waals surface area contributed by atoms with Crippen molar-refractivity contribution < 1.29 is 22.7 Å². The lowest BCUT2D eigenvalue weighted by molar-refractivity contribution is -0.184. The number of para-hydroxylation sites is 2. The van der Waals surface area contributed by atoms with Crippen molar-refractivity contribution in [2.45, 2.75) is 18.8 Å². The highest BCUT2D eigenvalue weighted by atomic mass is 35.5. The van der Waals surface area contributed by atoms with Crippen LogP contribution >= 0.6 is 23.2 Å². The minimum Gasteiger partial charge on any atom is -0.475 e. The zero-order valence-electron chi connectivity index (χ0n) is 14.0. The highest BCUT2D eigenvalue weighted by Gasteiger charge is 2.48. The second-order valence-corrected chi connectivity index (χ2v) is 7.01. The van der Waals surface area contributed by atoms with Gasteiger partial charge in [0.1, 0.15) is 5.75 Å². The Balaban J connectivity index is 1.75. The Kier molecular flexibility index (Phi) is 4.59. The topological polar surface area (TPSA) is 44.1 Å². The molecule has 9 heteroatoms. The summed E-state index contributed by atoms with van der Waals surface area (Å²) >= 11 is 11.6. The number of imidazole rings is 1. The van der Waals surface area contributed by atoms with Gasteiger partial charge in [0.2, 0.25) is 6.10 Å². The summed E-state index contributed by atoms with van der Waals surface area (Å²) in [7, 11) is 0. The molecule has 0 saturated carbocycles. The van der Waals surface area contributed by atoms with Gasteiger partial charge in [0.25, 0.3) is 5.24 Å². The van der Waals surface area contributed by atoms with E-state index in [-0.39, 0.29) is 17.9 Å². The summed E-state index contributed by atoms with van der Waals surface area (Å²) in [5.74, 6) is -0.0205. The largest absolute Gasteiger partial charge is 0.475 e. The van der Waals surface area contributed by atoms with Crippen LogP contribution < -0.4 is 4.74 Å². The maximum absolute atomic E-state index is 13.3. The quantitative estimate of drug-likeness (QED) is 0.539. The molecule has 1 aliphatic heterocycles. The van der Waals surface area contributed by atoms with Crippen molar-refractivity contribution in [3.63, 3.8) is 0 Å². The molecule has 0 amide bonds. The molecule has 4 nitrogen and oxygen atoms in total. The summed E-state index contributed by atoms with van der Waals surface area (Å²) in [4.78, 5) is 15.7. The van der Waals surface area contributed by atoms with E-state index in [1.807, 2.05) is 28.8 Å². The molecule has 0 spiro atoms. The number of fused-ring (bicyclic) bond motifs is 2. The number of aromatic nitrogens is 2. The number of alkyl halides is 3. The lowest BCUT2D eigenvalue weighted by Crippen LogP contribution is -2.39. The highest BCUT2D eigenvalue weighted by Crippen LogP contribution is 2.40. The molecule has 1 unspecified atom stereocenters. The van der Waals surface area contributed by atoms with Crippen molar-refractivity contribution in [2.24, 2.45) is 0 Å². The first-order valence-corrected chi connectivity index (χ1v) is 8.86. The monoisotopic (exact) mass is 426 g/mol. The van der Waals surface area contributed by atoms with Gasteiger partial charge in [-0.15, -0.1) is 0 Å². The molecule has 3 aromatic rings. The molecule has 4 rings (SSSR count). The van der Waals surface area contributed by atoms with Crippen LogP contribution in [0.3, 0.4) is 0 Å². The predicted molar refractivity (Wildman–Crippen MR) is 99.6 cm³/mol. The van der Waals surface area contributed by atoms with Crippen LogP contribution in [0.1, 0.15) is 11.1 Å². The van der Waals surface area contributed by atoms with Gasteiger partial charge in [0.05, 0.1) is 29.5 Å². The summed E-state index contributed by atoms with van der Waals surface area (Å²) in [6.07, 6.45) is -4.51. The zero-order valence-corrected chi connectivity index (χ0v) is 15.5. The van der Waals surface area contributed by atoms with E-state index in [0.29, 0.717) is 10.6 Å². The second-order valence-electron chi connectivity index (χ2n) is 6.26. The molecule has 0 aliphatic carbocycles. The number of hydrogen-bond acceptors (Lipinski definition) is 3. The summed E-state index contributed by atoms with van der Waals surface area (Å²) < 4.78 is 46.8. The minimum absolute atomic E-state index is 0.0205. The molecule has 2 heterocycles. The van der Waals surface area contributed by atoms with Gasteiger partial charge >= 0.3 is 6.18 Å². The lowest BCUT2D eigenvalue weighted by atomic mass is 10.0. The van der Waals surface area contributed by atoms with Gasteiger partial charge < -0.3 is 9.30 Å². The van der Waals surface area contributed by atoms with E-state index in [2.05, 4.69) is 4.98 Å². The van der Waals surface area contributed by atoms with E-state index in [1.54, 1.807) is 6.33 Å². The van der Waals surface area contributed by atoms with Gasteiger partial charge in [-0.1, -0.05) is 23.7 Å². The number of benzene rings is 2. The summed E-state index contributed by atoms with van der Waals surface area (Å²) in [6.45, 7) is 0.289. The molecular weight excluding hydrogens is 416 g/mol. The molecular formula is C19H11Cl2F3N2O2. The summed E-state index contributed by atoms with van der Waals surface area (Å²) in [5, 5.41) is -0.902. The van der Waals surface area contributed by atoms with E-state index in [4.69, 9.17) is 27.9 Å². The second kappa shape index (κ2) is 6.83. The molecule has 0 N–H and O–H groups in total. The van der Waals surface area contributed by atoms with Gasteiger partial charge in [0.15, 0.2) is 0 Å². The third-order valence-electron chi connectivity index (χ3n) is 4.41. The molecule has 0 saturated heterocycles. The average Bonchev–Trinajstić information content (AvgIpc) is 3.03. The summed E-state index contributed by atoms with van der Waals surface area (Å²) in [6, 6.07) is 10.4. The number of nitrogens with zero attached hydrogens (tertiary/aromatic N) is 2. The van der Waals surface area contributed by atoms with Crippen LogP contribution in [-0.4, -0.2) is 27.1 Å². The van der Waals surface area contributed by atoms with Crippen molar-refractivity contribution in [3.8, 4) is 5.75 Å². The van der Waals surface area contributed by atoms with Gasteiger partial charge in [-0.3, -0.25) is 4.79 Å². The number of halogens is 5. The highest BCUT2D eigenvalue weighted by molar-refractivity contribution is 6.68. The van der Waals surface area contributed by atoms with E-state index in [1.165, 1.54) is 12.1 Å². The maximum atomic E-state index is 13.3. The van der Waals surface area contributed by atoms with Crippen molar-refractivity contribution in [1.82, 2.24) is 9.55 Å². The lowest BCUT2D eigenvalue weighted by Gasteiger charge is -2.28. The smallest absolute Gasteiger partial charge is 0.429 e. The molecule has 28 heavy (non-hydrogen) atoms. The Hall–Kier alpha value is -2.51. The molecule has 1 atom stereocenters. The fourth-order valence-electron chi connectivity index (χ4n) is 3.10. The predicted octanol–water partition coefficient (Wildman–Crippen LogP) is 5.21. The van der Waals surface area contributed by atoms with Gasteiger partial charge in [-0.25, -0.2) is 4.98 Å². The van der Waals surface area contributed by atoms with Crippen LogP contribution in [-0.2, 0) is 11.3 Å². The maximum Gasteiger partial charge on any atom is 0.429 e. The van der Waals surface area contributed by atoms with Crippen molar-refractivity contribution in [2.75, 3.05) is 0 Å². The first-order valence-electron chi connectivity index (χ1n) is 8.11. The molecule has 1 aromatic heterocycles. The molecule has 2 aromatic carbocycles. The van der Waals surface area contributed by atoms with Crippen LogP contribution in [0.15, 0.2) is 48.3 Å². The third kappa shape index (κ3) is 3.36. The molecule has 144 valence electrons. The van der Waals surface area contributed by atoms with E-state index in [9.17, 15) is 18.0 Å². The van der Waals surface area contributed by atoms with Crippen LogP contribution in [0.2, 0.25) is 5.02 Å². The van der Waals surface area contributed by atoms with E-state index in [0.717, 1.165) is 17.1 Å². The minimum atomic E-state index is -4.78. The van der Waals surface area contributed by atoms with Crippen molar-refractivity contribution in [1.29, 1.82) is 0 Å². The molecule has 1 aliphatic rings. The third-order valence-corrected chi connectivity index (χ3v) is 4.98. The average molecular weight is 427 g/mol. The van der Waals surface area contributed by atoms with Gasteiger partial charge in [-0.05, 0) is 47.5 Å². The summed E-state index contributed by atoms with van der Waals surface area (Å²) in [5.41, 5.74) is 1.79. The number of carbonyl (C=O) groups excluding carboxylic acids is 1. The van der Waals surface area contributed by atoms with Crippen LogP contribution in [0.25, 0.3) is 17.1 Å². The Labute approximate surface area is 167 Å². The van der Waals surface area contributed by atoms with E-state index >= 15 is 0 Å². The number of carbonyl (C=O) groups is 1. The fraction of sp³-hybridized carbons (Fsp3) is 0.158. The fourth-order valence-corrected chi connectivity index (χ4v) is 3.49. The first kappa shape index (κ1) is 18.8. The molecule has 0 bridgehead atoms.